The maximum absolute atomic E-state index is 10.5. The van der Waals surface area contributed by atoms with Crippen molar-refractivity contribution < 1.29 is 5.11 Å². The number of aliphatic hydroxyl groups is 1. The molecular weight excluding hydrogens is 186 g/mol. The first kappa shape index (κ1) is 10.4. The van der Waals surface area contributed by atoms with E-state index >= 15 is 0 Å². The van der Waals surface area contributed by atoms with E-state index in [1.807, 2.05) is 19.1 Å². The molecule has 0 fully saturated rings. The molecule has 0 amide bonds. The second kappa shape index (κ2) is 4.15. The summed E-state index contributed by atoms with van der Waals surface area (Å²) in [5, 5.41) is 10.5. The fourth-order valence-electron chi connectivity index (χ4n) is 2.12. The molecule has 0 aromatic carbocycles. The molecule has 0 saturated carbocycles. The van der Waals surface area contributed by atoms with E-state index in [4.69, 9.17) is 0 Å². The van der Waals surface area contributed by atoms with Gasteiger partial charge in [0, 0.05) is 18.0 Å². The summed E-state index contributed by atoms with van der Waals surface area (Å²) in [5.41, 5.74) is 1.19. The van der Waals surface area contributed by atoms with Crippen LogP contribution in [0.1, 0.15) is 38.2 Å². The third kappa shape index (κ3) is 2.10. The van der Waals surface area contributed by atoms with Crippen molar-refractivity contribution in [1.82, 2.24) is 4.98 Å². The maximum Gasteiger partial charge on any atom is 0.109 e. The predicted octanol–water partition coefficient (Wildman–Crippen LogP) is 2.79. The summed E-state index contributed by atoms with van der Waals surface area (Å²) in [6, 6.07) is 3.80. The zero-order valence-electron chi connectivity index (χ0n) is 9.11. The zero-order chi connectivity index (χ0) is 10.7. The van der Waals surface area contributed by atoms with Crippen molar-refractivity contribution in [3.63, 3.8) is 0 Å². The highest BCUT2D eigenvalue weighted by Gasteiger charge is 2.28. The summed E-state index contributed by atoms with van der Waals surface area (Å²) in [4.78, 5) is 4.06. The number of hydrogen-bond acceptors (Lipinski definition) is 2. The summed E-state index contributed by atoms with van der Waals surface area (Å²) in [5.74, 6) is 0. The largest absolute Gasteiger partial charge is 0.381 e. The number of allylic oxidation sites excluding steroid dienone is 1. The van der Waals surface area contributed by atoms with E-state index in [-0.39, 0.29) is 0 Å². The Hall–Kier alpha value is -1.15. The summed E-state index contributed by atoms with van der Waals surface area (Å²) >= 11 is 0. The molecular formula is C13H17NO. The molecule has 0 aliphatic heterocycles. The van der Waals surface area contributed by atoms with E-state index in [1.165, 1.54) is 12.8 Å². The molecule has 1 aliphatic rings. The Kier molecular flexibility index (Phi) is 2.87. The van der Waals surface area contributed by atoms with Gasteiger partial charge < -0.3 is 5.11 Å². The lowest BCUT2D eigenvalue weighted by Crippen LogP contribution is -2.25. The van der Waals surface area contributed by atoms with Crippen LogP contribution in [-0.4, -0.2) is 10.1 Å². The van der Waals surface area contributed by atoms with Crippen molar-refractivity contribution >= 4 is 0 Å². The third-order valence-corrected chi connectivity index (χ3v) is 3.14. The minimum Gasteiger partial charge on any atom is -0.381 e. The van der Waals surface area contributed by atoms with Crippen molar-refractivity contribution in [2.45, 2.75) is 38.2 Å². The normalized spacial score (nSPS) is 20.5. The van der Waals surface area contributed by atoms with Crippen LogP contribution < -0.4 is 0 Å². The molecule has 1 heterocycles. The molecule has 0 radical (unpaired) electrons. The summed E-state index contributed by atoms with van der Waals surface area (Å²) in [6.45, 7) is 1.86. The van der Waals surface area contributed by atoms with E-state index in [1.54, 1.807) is 12.4 Å². The van der Waals surface area contributed by atoms with Gasteiger partial charge in [-0.3, -0.25) is 4.98 Å². The molecule has 2 nitrogen and oxygen atoms in total. The van der Waals surface area contributed by atoms with Crippen molar-refractivity contribution in [3.05, 3.63) is 41.7 Å². The van der Waals surface area contributed by atoms with Gasteiger partial charge in [0.15, 0.2) is 0 Å². The van der Waals surface area contributed by atoms with Crippen LogP contribution in [0.15, 0.2) is 36.2 Å². The zero-order valence-corrected chi connectivity index (χ0v) is 9.11. The van der Waals surface area contributed by atoms with Gasteiger partial charge in [0.05, 0.1) is 0 Å². The Morgan fingerprint density at radius 2 is 2.27 bits per heavy atom. The van der Waals surface area contributed by atoms with E-state index in [0.29, 0.717) is 0 Å². The SMILES string of the molecule is CC(O)(C1=CCCCC1)c1cccnc1. The van der Waals surface area contributed by atoms with Crippen molar-refractivity contribution in [2.24, 2.45) is 0 Å². The molecule has 15 heavy (non-hydrogen) atoms. The lowest BCUT2D eigenvalue weighted by atomic mass is 9.83. The monoisotopic (exact) mass is 203 g/mol. The van der Waals surface area contributed by atoms with Crippen molar-refractivity contribution in [3.8, 4) is 0 Å². The van der Waals surface area contributed by atoms with Gasteiger partial charge in [-0.2, -0.15) is 0 Å². The molecule has 0 spiro atoms. The van der Waals surface area contributed by atoms with Crippen molar-refractivity contribution in [1.29, 1.82) is 0 Å². The van der Waals surface area contributed by atoms with Gasteiger partial charge in [0.25, 0.3) is 0 Å². The van der Waals surface area contributed by atoms with Crippen LogP contribution in [0.25, 0.3) is 0 Å². The van der Waals surface area contributed by atoms with Gasteiger partial charge in [-0.05, 0) is 44.2 Å². The first-order valence-electron chi connectivity index (χ1n) is 5.53. The average molecular weight is 203 g/mol. The van der Waals surface area contributed by atoms with Gasteiger partial charge in [-0.25, -0.2) is 0 Å². The Bertz CT molecular complexity index is 354. The predicted molar refractivity (Wildman–Crippen MR) is 60.4 cm³/mol. The molecule has 1 aliphatic carbocycles. The van der Waals surface area contributed by atoms with Gasteiger partial charge >= 0.3 is 0 Å². The average Bonchev–Trinajstić information content (AvgIpc) is 2.31. The molecule has 1 N–H and O–H groups in total. The first-order chi connectivity index (χ1) is 7.21. The highest BCUT2D eigenvalue weighted by molar-refractivity contribution is 5.30. The minimum absolute atomic E-state index is 0.839. The molecule has 1 atom stereocenters. The molecule has 2 heteroatoms. The van der Waals surface area contributed by atoms with Gasteiger partial charge in [-0.1, -0.05) is 12.1 Å². The smallest absolute Gasteiger partial charge is 0.109 e. The van der Waals surface area contributed by atoms with E-state index in [0.717, 1.165) is 24.0 Å². The Morgan fingerprint density at radius 1 is 1.40 bits per heavy atom. The first-order valence-corrected chi connectivity index (χ1v) is 5.53. The summed E-state index contributed by atoms with van der Waals surface area (Å²) < 4.78 is 0. The number of hydrogen-bond donors (Lipinski definition) is 1. The Labute approximate surface area is 90.7 Å². The van der Waals surface area contributed by atoms with Crippen LogP contribution in [-0.2, 0) is 5.60 Å². The highest BCUT2D eigenvalue weighted by Crippen LogP contribution is 2.34. The molecule has 1 aromatic heterocycles. The molecule has 0 bridgehead atoms. The summed E-state index contributed by atoms with van der Waals surface area (Å²) in [6.07, 6.45) is 10.2. The molecule has 1 unspecified atom stereocenters. The molecule has 80 valence electrons. The number of aromatic nitrogens is 1. The molecule has 0 saturated heterocycles. The number of pyridine rings is 1. The highest BCUT2D eigenvalue weighted by atomic mass is 16.3. The number of rotatable bonds is 2. The lowest BCUT2D eigenvalue weighted by molar-refractivity contribution is 0.0911. The van der Waals surface area contributed by atoms with Crippen LogP contribution >= 0.6 is 0 Å². The van der Waals surface area contributed by atoms with Crippen LogP contribution in [0.2, 0.25) is 0 Å². The topological polar surface area (TPSA) is 33.1 Å². The van der Waals surface area contributed by atoms with Crippen LogP contribution in [0, 0.1) is 0 Å². The van der Waals surface area contributed by atoms with Gasteiger partial charge in [0.2, 0.25) is 0 Å². The van der Waals surface area contributed by atoms with Crippen LogP contribution in [0.4, 0.5) is 0 Å². The van der Waals surface area contributed by atoms with Crippen LogP contribution in [0.5, 0.6) is 0 Å². The number of nitrogens with zero attached hydrogens (tertiary/aromatic N) is 1. The Balaban J connectivity index is 2.30. The van der Waals surface area contributed by atoms with Gasteiger partial charge in [-0.15, -0.1) is 0 Å². The maximum atomic E-state index is 10.5. The minimum atomic E-state index is -0.839. The molecule has 1 aromatic rings. The van der Waals surface area contributed by atoms with Crippen LogP contribution in [0.3, 0.4) is 0 Å². The standard InChI is InChI=1S/C13H17NO/c1-13(15,11-6-3-2-4-7-11)12-8-5-9-14-10-12/h5-6,8-10,15H,2-4,7H2,1H3. The second-order valence-corrected chi connectivity index (χ2v) is 4.29. The summed E-state index contributed by atoms with van der Waals surface area (Å²) in [7, 11) is 0. The third-order valence-electron chi connectivity index (χ3n) is 3.14. The quantitative estimate of drug-likeness (QED) is 0.750. The second-order valence-electron chi connectivity index (χ2n) is 4.29. The lowest BCUT2D eigenvalue weighted by Gasteiger charge is -2.29. The van der Waals surface area contributed by atoms with E-state index in [2.05, 4.69) is 11.1 Å². The van der Waals surface area contributed by atoms with Gasteiger partial charge in [0.1, 0.15) is 5.60 Å². The van der Waals surface area contributed by atoms with E-state index in [9.17, 15) is 5.11 Å². The van der Waals surface area contributed by atoms with Crippen molar-refractivity contribution in [2.75, 3.05) is 0 Å². The fraction of sp³-hybridized carbons (Fsp3) is 0.462. The van der Waals surface area contributed by atoms with E-state index < -0.39 is 5.60 Å². The fourth-order valence-corrected chi connectivity index (χ4v) is 2.12. The molecule has 2 rings (SSSR count). The Morgan fingerprint density at radius 3 is 2.87 bits per heavy atom.